The maximum atomic E-state index is 13.7. The molecule has 4 nitrogen and oxygen atoms in total. The van der Waals surface area contributed by atoms with Crippen LogP contribution in [0.3, 0.4) is 0 Å². The number of aryl methyl sites for hydroxylation is 1. The van der Waals surface area contributed by atoms with Crippen LogP contribution in [0.25, 0.3) is 0 Å². The number of hydrogen-bond donors (Lipinski definition) is 0. The van der Waals surface area contributed by atoms with Crippen molar-refractivity contribution in [1.29, 1.82) is 0 Å². The number of rotatable bonds is 4. The summed E-state index contributed by atoms with van der Waals surface area (Å²) in [5, 5.41) is 0. The predicted molar refractivity (Wildman–Crippen MR) is 110 cm³/mol. The number of piperidine rings is 1. The number of amides is 1. The first-order chi connectivity index (χ1) is 13.6. The lowest BCUT2D eigenvalue weighted by molar-refractivity contribution is -0.138. The molecule has 6 rings (SSSR count). The van der Waals surface area contributed by atoms with Crippen molar-refractivity contribution in [2.75, 3.05) is 19.6 Å². The predicted octanol–water partition coefficient (Wildman–Crippen LogP) is 3.54. The summed E-state index contributed by atoms with van der Waals surface area (Å²) in [6, 6.07) is 13.1. The average Bonchev–Trinajstić information content (AvgIpc) is 3.54. The summed E-state index contributed by atoms with van der Waals surface area (Å²) < 4.78 is 0. The first-order valence-corrected chi connectivity index (χ1v) is 10.6. The quantitative estimate of drug-likeness (QED) is 0.820. The number of carbonyl (C=O) groups is 1. The summed E-state index contributed by atoms with van der Waals surface area (Å²) >= 11 is 0. The third-order valence-corrected chi connectivity index (χ3v) is 6.94. The molecule has 2 atom stereocenters. The second kappa shape index (κ2) is 7.00. The van der Waals surface area contributed by atoms with Gasteiger partial charge in [-0.25, -0.2) is 0 Å². The van der Waals surface area contributed by atoms with E-state index in [9.17, 15) is 4.79 Å². The van der Waals surface area contributed by atoms with E-state index in [2.05, 4.69) is 52.0 Å². The molecule has 0 radical (unpaired) electrons. The number of carbonyl (C=O) groups excluding carboxylic acids is 1. The van der Waals surface area contributed by atoms with Gasteiger partial charge < -0.3 is 4.90 Å². The van der Waals surface area contributed by atoms with Crippen LogP contribution in [0.4, 0.5) is 0 Å². The molecule has 4 aliphatic rings. The second-order valence-electron chi connectivity index (χ2n) is 9.06. The molecule has 146 valence electrons. The van der Waals surface area contributed by atoms with Gasteiger partial charge in [0, 0.05) is 44.6 Å². The van der Waals surface area contributed by atoms with Gasteiger partial charge >= 0.3 is 0 Å². The molecule has 2 bridgehead atoms. The minimum absolute atomic E-state index is 0.244. The highest BCUT2D eigenvalue weighted by atomic mass is 16.2. The van der Waals surface area contributed by atoms with E-state index in [1.807, 2.05) is 18.5 Å². The molecule has 1 aromatic heterocycles. The zero-order valence-corrected chi connectivity index (χ0v) is 16.7. The van der Waals surface area contributed by atoms with Gasteiger partial charge in [0.1, 0.15) is 0 Å². The van der Waals surface area contributed by atoms with E-state index in [1.165, 1.54) is 23.1 Å². The molecule has 0 N–H and O–H groups in total. The van der Waals surface area contributed by atoms with E-state index in [0.29, 0.717) is 17.9 Å². The molecule has 2 unspecified atom stereocenters. The number of fused-ring (bicyclic) bond motifs is 4. The van der Waals surface area contributed by atoms with E-state index in [4.69, 9.17) is 0 Å². The first kappa shape index (κ1) is 17.9. The third kappa shape index (κ3) is 3.24. The molecule has 1 aliphatic carbocycles. The Balaban J connectivity index is 1.34. The van der Waals surface area contributed by atoms with Crippen LogP contribution in [-0.4, -0.2) is 46.4 Å². The van der Waals surface area contributed by atoms with Crippen LogP contribution in [0.15, 0.2) is 48.8 Å². The maximum Gasteiger partial charge on any atom is 0.233 e. The summed E-state index contributed by atoms with van der Waals surface area (Å²) in [5.74, 6) is 0.975. The van der Waals surface area contributed by atoms with Gasteiger partial charge in [-0.15, -0.1) is 0 Å². The van der Waals surface area contributed by atoms with E-state index < -0.39 is 0 Å². The SMILES string of the molecule is Cc1ccc(C2(C(=O)N3CC4CCC3CN(Cc3cccnc3)C4)CC2)cc1. The fraction of sp³-hybridized carbons (Fsp3) is 0.500. The van der Waals surface area contributed by atoms with Gasteiger partial charge in [0.15, 0.2) is 0 Å². The Kier molecular flexibility index (Phi) is 4.47. The van der Waals surface area contributed by atoms with Crippen LogP contribution in [-0.2, 0) is 16.8 Å². The lowest BCUT2D eigenvalue weighted by Gasteiger charge is -2.38. The van der Waals surface area contributed by atoms with Gasteiger partial charge in [-0.2, -0.15) is 0 Å². The van der Waals surface area contributed by atoms with Crippen LogP contribution in [0.1, 0.15) is 42.4 Å². The topological polar surface area (TPSA) is 36.4 Å². The number of nitrogens with zero attached hydrogens (tertiary/aromatic N) is 3. The summed E-state index contributed by atoms with van der Waals surface area (Å²) in [6.07, 6.45) is 8.19. The molecular weight excluding hydrogens is 346 g/mol. The van der Waals surface area contributed by atoms with E-state index in [0.717, 1.165) is 45.4 Å². The minimum Gasteiger partial charge on any atom is -0.337 e. The summed E-state index contributed by atoms with van der Waals surface area (Å²) in [4.78, 5) is 22.7. The standard InChI is InChI=1S/C24H29N3O/c1-18-4-7-21(8-5-18)24(10-11-24)23(28)27-16-20-6-9-22(27)17-26(15-20)14-19-3-2-12-25-13-19/h2-5,7-8,12-13,20,22H,6,9-11,14-17H2,1H3. The van der Waals surface area contributed by atoms with Gasteiger partial charge in [0.2, 0.25) is 5.91 Å². The number of aromatic nitrogens is 1. The fourth-order valence-electron chi connectivity index (χ4n) is 5.21. The Morgan fingerprint density at radius 3 is 2.64 bits per heavy atom. The van der Waals surface area contributed by atoms with Crippen molar-refractivity contribution in [3.8, 4) is 0 Å². The highest BCUT2D eigenvalue weighted by Crippen LogP contribution is 2.50. The van der Waals surface area contributed by atoms with Crippen molar-refractivity contribution in [2.24, 2.45) is 5.92 Å². The highest BCUT2D eigenvalue weighted by Gasteiger charge is 2.55. The third-order valence-electron chi connectivity index (χ3n) is 6.94. The Morgan fingerprint density at radius 2 is 1.93 bits per heavy atom. The van der Waals surface area contributed by atoms with Crippen molar-refractivity contribution >= 4 is 5.91 Å². The van der Waals surface area contributed by atoms with E-state index >= 15 is 0 Å². The second-order valence-corrected chi connectivity index (χ2v) is 9.06. The molecular formula is C24H29N3O. The molecule has 1 aromatic carbocycles. The maximum absolute atomic E-state index is 13.7. The van der Waals surface area contributed by atoms with Crippen molar-refractivity contribution in [1.82, 2.24) is 14.8 Å². The van der Waals surface area contributed by atoms with E-state index in [-0.39, 0.29) is 5.41 Å². The lowest BCUT2D eigenvalue weighted by atomic mass is 9.89. The smallest absolute Gasteiger partial charge is 0.233 e. The molecule has 1 saturated carbocycles. The minimum atomic E-state index is -0.244. The first-order valence-electron chi connectivity index (χ1n) is 10.6. The van der Waals surface area contributed by atoms with Crippen molar-refractivity contribution in [2.45, 2.75) is 50.6 Å². The van der Waals surface area contributed by atoms with Gasteiger partial charge in [0.05, 0.1) is 5.41 Å². The molecule has 3 saturated heterocycles. The van der Waals surface area contributed by atoms with Gasteiger partial charge in [0.25, 0.3) is 0 Å². The zero-order valence-electron chi connectivity index (χ0n) is 16.7. The Labute approximate surface area is 167 Å². The number of benzene rings is 1. The monoisotopic (exact) mass is 375 g/mol. The average molecular weight is 376 g/mol. The molecule has 4 heterocycles. The van der Waals surface area contributed by atoms with E-state index in [1.54, 1.807) is 0 Å². The fourth-order valence-corrected chi connectivity index (χ4v) is 5.21. The summed E-state index contributed by atoms with van der Waals surface area (Å²) in [7, 11) is 0. The normalized spacial score (nSPS) is 26.1. The van der Waals surface area contributed by atoms with Gasteiger partial charge in [-0.1, -0.05) is 35.9 Å². The molecule has 3 aliphatic heterocycles. The Hall–Kier alpha value is -2.20. The van der Waals surface area contributed by atoms with Crippen LogP contribution in [0.2, 0.25) is 0 Å². The highest BCUT2D eigenvalue weighted by molar-refractivity contribution is 5.91. The molecule has 2 aromatic rings. The van der Waals surface area contributed by atoms with Gasteiger partial charge in [-0.05, 0) is 55.7 Å². The number of pyridine rings is 1. The van der Waals surface area contributed by atoms with Crippen molar-refractivity contribution in [3.63, 3.8) is 0 Å². The Morgan fingerprint density at radius 1 is 1.11 bits per heavy atom. The molecule has 4 fully saturated rings. The van der Waals surface area contributed by atoms with Crippen LogP contribution in [0.5, 0.6) is 0 Å². The van der Waals surface area contributed by atoms with Crippen molar-refractivity contribution < 1.29 is 4.79 Å². The summed E-state index contributed by atoms with van der Waals surface area (Å²) in [5.41, 5.74) is 3.49. The summed E-state index contributed by atoms with van der Waals surface area (Å²) in [6.45, 7) is 6.05. The zero-order chi connectivity index (χ0) is 19.1. The number of hydrogen-bond acceptors (Lipinski definition) is 3. The van der Waals surface area contributed by atoms with Crippen LogP contribution in [0, 0.1) is 12.8 Å². The van der Waals surface area contributed by atoms with Crippen LogP contribution >= 0.6 is 0 Å². The lowest BCUT2D eigenvalue weighted by Crippen LogP contribution is -2.51. The van der Waals surface area contributed by atoms with Crippen LogP contribution < -0.4 is 0 Å². The van der Waals surface area contributed by atoms with Gasteiger partial charge in [-0.3, -0.25) is 14.7 Å². The van der Waals surface area contributed by atoms with Crippen molar-refractivity contribution in [3.05, 3.63) is 65.5 Å². The molecule has 4 heteroatoms. The Bertz CT molecular complexity index is 844. The molecule has 28 heavy (non-hydrogen) atoms. The molecule has 0 spiro atoms. The largest absolute Gasteiger partial charge is 0.337 e. The molecule has 1 amide bonds.